The Morgan fingerprint density at radius 3 is 2.56 bits per heavy atom. The second kappa shape index (κ2) is 10.7. The first-order valence-electron chi connectivity index (χ1n) is 13.3. The molecule has 3 heterocycles. The van der Waals surface area contributed by atoms with Crippen LogP contribution in [0.5, 0.6) is 0 Å². The number of anilines is 2. The van der Waals surface area contributed by atoms with Crippen LogP contribution in [0.25, 0.3) is 33.3 Å². The highest BCUT2D eigenvalue weighted by Crippen LogP contribution is 2.33. The molecule has 0 amide bonds. The van der Waals surface area contributed by atoms with Gasteiger partial charge in [0.25, 0.3) is 5.56 Å². The van der Waals surface area contributed by atoms with E-state index in [4.69, 9.17) is 22.3 Å². The van der Waals surface area contributed by atoms with Gasteiger partial charge in [-0.15, -0.1) is 0 Å². The molecule has 9 heteroatoms. The van der Waals surface area contributed by atoms with Gasteiger partial charge in [0, 0.05) is 54.9 Å². The van der Waals surface area contributed by atoms with Crippen molar-refractivity contribution in [1.82, 2.24) is 19.9 Å². The van der Waals surface area contributed by atoms with E-state index in [-0.39, 0.29) is 11.6 Å². The van der Waals surface area contributed by atoms with Gasteiger partial charge in [0.1, 0.15) is 11.4 Å². The van der Waals surface area contributed by atoms with Crippen molar-refractivity contribution in [2.24, 2.45) is 5.73 Å². The average Bonchev–Trinajstić information content (AvgIpc) is 3.37. The van der Waals surface area contributed by atoms with Crippen LogP contribution in [0.3, 0.4) is 0 Å². The van der Waals surface area contributed by atoms with Crippen molar-refractivity contribution >= 4 is 44.9 Å². The maximum absolute atomic E-state index is 13.6. The molecule has 0 saturated carbocycles. The smallest absolute Gasteiger partial charge is 0.261 e. The number of piperazine rings is 1. The van der Waals surface area contributed by atoms with Gasteiger partial charge in [-0.2, -0.15) is 0 Å². The van der Waals surface area contributed by atoms with Gasteiger partial charge in [-0.3, -0.25) is 4.79 Å². The SMILES string of the molecule is CN1CCN(c2ccc3nc(-c4c(N[C@H](CN)Cc5ccccc5)c5cc(Cl)ccc5[nH]c4=O)[nH]c3c2)CC1. The first-order chi connectivity index (χ1) is 19.0. The lowest BCUT2D eigenvalue weighted by molar-refractivity contribution is 0.313. The molecule has 200 valence electrons. The monoisotopic (exact) mass is 541 g/mol. The van der Waals surface area contributed by atoms with Crippen LogP contribution in [0.15, 0.2) is 71.5 Å². The van der Waals surface area contributed by atoms with Gasteiger partial charge in [0.2, 0.25) is 0 Å². The molecule has 0 aliphatic carbocycles. The van der Waals surface area contributed by atoms with Gasteiger partial charge in [-0.25, -0.2) is 4.98 Å². The third-order valence-electron chi connectivity index (χ3n) is 7.50. The molecular formula is C30H32ClN7O. The molecular weight excluding hydrogens is 510 g/mol. The highest BCUT2D eigenvalue weighted by atomic mass is 35.5. The van der Waals surface area contributed by atoms with E-state index in [1.165, 1.54) is 0 Å². The number of nitrogens with one attached hydrogen (secondary N) is 3. The summed E-state index contributed by atoms with van der Waals surface area (Å²) in [5, 5.41) is 4.98. The van der Waals surface area contributed by atoms with Crippen LogP contribution < -0.4 is 21.5 Å². The van der Waals surface area contributed by atoms with Gasteiger partial charge in [-0.05, 0) is 55.4 Å². The number of nitrogens with two attached hydrogens (primary N) is 1. The molecule has 5 N–H and O–H groups in total. The molecule has 0 unspecified atom stereocenters. The normalized spacial score (nSPS) is 15.2. The molecule has 2 aromatic heterocycles. The summed E-state index contributed by atoms with van der Waals surface area (Å²) in [5.74, 6) is 0.502. The average molecular weight is 542 g/mol. The number of imidazole rings is 1. The summed E-state index contributed by atoms with van der Waals surface area (Å²) >= 11 is 6.42. The summed E-state index contributed by atoms with van der Waals surface area (Å²) in [6.07, 6.45) is 0.708. The van der Waals surface area contributed by atoms with Gasteiger partial charge in [-0.1, -0.05) is 41.9 Å². The van der Waals surface area contributed by atoms with E-state index in [0.717, 1.165) is 53.8 Å². The van der Waals surface area contributed by atoms with Crippen molar-refractivity contribution in [2.45, 2.75) is 12.5 Å². The molecule has 0 radical (unpaired) electrons. The minimum absolute atomic E-state index is 0.108. The van der Waals surface area contributed by atoms with Crippen molar-refractivity contribution in [2.75, 3.05) is 50.0 Å². The third-order valence-corrected chi connectivity index (χ3v) is 7.74. The second-order valence-electron chi connectivity index (χ2n) is 10.2. The fourth-order valence-electron chi connectivity index (χ4n) is 5.31. The molecule has 1 aliphatic rings. The number of nitrogens with zero attached hydrogens (tertiary/aromatic N) is 3. The number of aromatic nitrogens is 3. The first kappa shape index (κ1) is 25.4. The maximum atomic E-state index is 13.6. The van der Waals surface area contributed by atoms with E-state index < -0.39 is 0 Å². The minimum Gasteiger partial charge on any atom is -0.379 e. The standard InChI is InChI=1S/C30H32ClN7O/c1-37-11-13-38(14-12-37)22-8-10-25-26(17-22)35-29(34-25)27-28(23-16-20(31)7-9-24(23)36-30(27)39)33-21(18-32)15-19-5-3-2-4-6-19/h2-10,16-17,21H,11-15,18,32H2,1H3,(H,34,35)(H2,33,36,39)/t21-/m0/s1. The van der Waals surface area contributed by atoms with E-state index in [9.17, 15) is 4.79 Å². The van der Waals surface area contributed by atoms with Gasteiger partial charge in [0.05, 0.1) is 22.2 Å². The quantitative estimate of drug-likeness (QED) is 0.242. The molecule has 1 aliphatic heterocycles. The number of benzene rings is 3. The zero-order valence-corrected chi connectivity index (χ0v) is 22.6. The number of pyridine rings is 1. The van der Waals surface area contributed by atoms with E-state index >= 15 is 0 Å². The summed E-state index contributed by atoms with van der Waals surface area (Å²) < 4.78 is 0. The second-order valence-corrected chi connectivity index (χ2v) is 10.7. The van der Waals surface area contributed by atoms with Crippen LogP contribution in [-0.4, -0.2) is 65.7 Å². The van der Waals surface area contributed by atoms with Crippen LogP contribution in [0.1, 0.15) is 5.56 Å². The lowest BCUT2D eigenvalue weighted by Crippen LogP contribution is -2.44. The molecule has 1 atom stereocenters. The number of likely N-dealkylation sites (N-methyl/N-ethyl adjacent to an activating group) is 1. The van der Waals surface area contributed by atoms with Crippen molar-refractivity contribution < 1.29 is 0 Å². The summed E-state index contributed by atoms with van der Waals surface area (Å²) in [5.41, 5.74) is 11.8. The Labute approximate surface area is 231 Å². The molecule has 39 heavy (non-hydrogen) atoms. The lowest BCUT2D eigenvalue weighted by atomic mass is 10.0. The van der Waals surface area contributed by atoms with Crippen molar-refractivity contribution in [3.05, 3.63) is 87.7 Å². The minimum atomic E-state index is -0.235. The third kappa shape index (κ3) is 5.23. The number of H-pyrrole nitrogens is 2. The Balaban J connectivity index is 1.44. The van der Waals surface area contributed by atoms with Crippen molar-refractivity contribution in [1.29, 1.82) is 0 Å². The fraction of sp³-hybridized carbons (Fsp3) is 0.267. The summed E-state index contributed by atoms with van der Waals surface area (Å²) in [4.78, 5) is 29.6. The number of rotatable bonds is 7. The highest BCUT2D eigenvalue weighted by Gasteiger charge is 2.22. The molecule has 1 fully saturated rings. The Morgan fingerprint density at radius 2 is 1.79 bits per heavy atom. The van der Waals surface area contributed by atoms with Crippen LogP contribution in [0.4, 0.5) is 11.4 Å². The van der Waals surface area contributed by atoms with E-state index in [1.807, 2.05) is 36.4 Å². The van der Waals surface area contributed by atoms with Gasteiger partial charge in [0.15, 0.2) is 0 Å². The molecule has 8 nitrogen and oxygen atoms in total. The number of fused-ring (bicyclic) bond motifs is 2. The Hall–Kier alpha value is -3.85. The van der Waals surface area contributed by atoms with Crippen LogP contribution in [0, 0.1) is 0 Å². The molecule has 5 aromatic rings. The van der Waals surface area contributed by atoms with Crippen molar-refractivity contribution in [3.8, 4) is 11.4 Å². The molecule has 1 saturated heterocycles. The predicted molar refractivity (Wildman–Crippen MR) is 161 cm³/mol. The van der Waals surface area contributed by atoms with Crippen LogP contribution >= 0.6 is 11.6 Å². The Bertz CT molecular complexity index is 1670. The van der Waals surface area contributed by atoms with Crippen LogP contribution in [0.2, 0.25) is 5.02 Å². The topological polar surface area (TPSA) is 106 Å². The van der Waals surface area contributed by atoms with E-state index in [1.54, 1.807) is 6.07 Å². The zero-order valence-electron chi connectivity index (χ0n) is 21.9. The van der Waals surface area contributed by atoms with Gasteiger partial charge < -0.3 is 30.8 Å². The molecule has 6 rings (SSSR count). The summed E-state index contributed by atoms with van der Waals surface area (Å²) in [7, 11) is 2.15. The predicted octanol–water partition coefficient (Wildman–Crippen LogP) is 4.46. The Kier molecular flexibility index (Phi) is 6.99. The fourth-order valence-corrected chi connectivity index (χ4v) is 5.49. The van der Waals surface area contributed by atoms with Crippen LogP contribution in [-0.2, 0) is 6.42 Å². The molecule has 0 bridgehead atoms. The Morgan fingerprint density at radius 1 is 1.00 bits per heavy atom. The highest BCUT2D eigenvalue weighted by molar-refractivity contribution is 6.31. The number of halogens is 1. The number of hydrogen-bond acceptors (Lipinski definition) is 6. The number of aromatic amines is 2. The van der Waals surface area contributed by atoms with E-state index in [0.29, 0.717) is 40.6 Å². The largest absolute Gasteiger partial charge is 0.379 e. The first-order valence-corrected chi connectivity index (χ1v) is 13.7. The summed E-state index contributed by atoms with van der Waals surface area (Å²) in [6.45, 7) is 4.40. The van der Waals surface area contributed by atoms with Crippen molar-refractivity contribution in [3.63, 3.8) is 0 Å². The molecule has 3 aromatic carbocycles. The maximum Gasteiger partial charge on any atom is 0.261 e. The summed E-state index contributed by atoms with van der Waals surface area (Å²) in [6, 6.07) is 21.8. The lowest BCUT2D eigenvalue weighted by Gasteiger charge is -2.34. The van der Waals surface area contributed by atoms with Gasteiger partial charge >= 0.3 is 0 Å². The van der Waals surface area contributed by atoms with E-state index in [2.05, 4.69) is 56.4 Å². The number of hydrogen-bond donors (Lipinski definition) is 4. The molecule has 0 spiro atoms. The zero-order chi connectivity index (χ0) is 26.9.